The van der Waals surface area contributed by atoms with E-state index < -0.39 is 6.10 Å². The molecule has 2 atom stereocenters. The summed E-state index contributed by atoms with van der Waals surface area (Å²) in [7, 11) is 0. The predicted octanol–water partition coefficient (Wildman–Crippen LogP) is 2.69. The fourth-order valence-electron chi connectivity index (χ4n) is 2.23. The van der Waals surface area contributed by atoms with Gasteiger partial charge in [-0.25, -0.2) is 0 Å². The average Bonchev–Trinajstić information content (AvgIpc) is 2.53. The van der Waals surface area contributed by atoms with E-state index in [0.717, 1.165) is 11.1 Å². The summed E-state index contributed by atoms with van der Waals surface area (Å²) in [6, 6.07) is 13.8. The molecule has 0 aliphatic rings. The highest BCUT2D eigenvalue weighted by Gasteiger charge is 2.12. The summed E-state index contributed by atoms with van der Waals surface area (Å²) >= 11 is 5.91. The van der Waals surface area contributed by atoms with Gasteiger partial charge in [0, 0.05) is 17.6 Å². The van der Waals surface area contributed by atoms with Crippen LogP contribution in [0.2, 0.25) is 5.02 Å². The Balaban J connectivity index is 0.00000264. The van der Waals surface area contributed by atoms with Gasteiger partial charge in [0.1, 0.15) is 5.75 Å². The van der Waals surface area contributed by atoms with Gasteiger partial charge in [-0.2, -0.15) is 0 Å². The molecular weight excluding hydrogens is 337 g/mol. The van der Waals surface area contributed by atoms with Crippen LogP contribution in [0.15, 0.2) is 48.5 Å². The maximum absolute atomic E-state index is 10.2. The van der Waals surface area contributed by atoms with Crippen molar-refractivity contribution < 1.29 is 15.3 Å². The van der Waals surface area contributed by atoms with E-state index >= 15 is 0 Å². The molecule has 0 saturated heterocycles. The van der Waals surface area contributed by atoms with Crippen LogP contribution in [0, 0.1) is 0 Å². The molecule has 0 radical (unpaired) electrons. The Hall–Kier alpha value is -1.30. The number of nitrogens with one attached hydrogen (secondary N) is 1. The summed E-state index contributed by atoms with van der Waals surface area (Å²) < 4.78 is 0. The van der Waals surface area contributed by atoms with Crippen LogP contribution in [0.5, 0.6) is 5.75 Å². The number of aliphatic hydroxyl groups is 2. The van der Waals surface area contributed by atoms with Crippen molar-refractivity contribution in [3.05, 3.63) is 64.7 Å². The minimum atomic E-state index is -0.687. The van der Waals surface area contributed by atoms with Crippen LogP contribution in [-0.4, -0.2) is 34.5 Å². The lowest BCUT2D eigenvalue weighted by Crippen LogP contribution is -2.37. The molecule has 0 spiro atoms. The molecule has 0 amide bonds. The van der Waals surface area contributed by atoms with E-state index in [1.165, 1.54) is 0 Å². The molecule has 2 aromatic carbocycles. The van der Waals surface area contributed by atoms with Crippen LogP contribution in [0.1, 0.15) is 17.2 Å². The second-order valence-corrected chi connectivity index (χ2v) is 5.67. The number of rotatable bonds is 7. The van der Waals surface area contributed by atoms with Gasteiger partial charge in [0.15, 0.2) is 0 Å². The number of hydrogen-bond donors (Lipinski definition) is 4. The third kappa shape index (κ3) is 6.37. The zero-order valence-electron chi connectivity index (χ0n) is 12.5. The third-order valence-electron chi connectivity index (χ3n) is 3.47. The summed E-state index contributed by atoms with van der Waals surface area (Å²) in [5.74, 6) is 0.216. The zero-order valence-corrected chi connectivity index (χ0v) is 14.1. The third-order valence-corrected chi connectivity index (χ3v) is 3.71. The van der Waals surface area contributed by atoms with E-state index in [-0.39, 0.29) is 30.8 Å². The number of hydrogen-bond acceptors (Lipinski definition) is 4. The first-order valence-electron chi connectivity index (χ1n) is 7.14. The summed E-state index contributed by atoms with van der Waals surface area (Å²) in [4.78, 5) is 0. The van der Waals surface area contributed by atoms with Crippen LogP contribution in [0.3, 0.4) is 0 Å². The molecule has 2 rings (SSSR count). The molecule has 4 N–H and O–H groups in total. The fraction of sp³-hybridized carbons (Fsp3) is 0.294. The standard InChI is InChI=1S/C17H20ClNO3.ClH/c18-14-3-1-2-13(9-14)17(22)10-19-15(11-20)8-12-4-6-16(21)7-5-12;/h1-7,9,15,17,19-22H,8,10-11H2;1H/t15-,17-;/m0./s1. The molecule has 0 fully saturated rings. The van der Waals surface area contributed by atoms with E-state index in [1.807, 2.05) is 18.2 Å². The van der Waals surface area contributed by atoms with Gasteiger partial charge in [-0.3, -0.25) is 0 Å². The molecular formula is C17H21Cl2NO3. The molecule has 4 nitrogen and oxygen atoms in total. The number of benzene rings is 2. The zero-order chi connectivity index (χ0) is 15.9. The van der Waals surface area contributed by atoms with Gasteiger partial charge in [0.25, 0.3) is 0 Å². The number of halogens is 2. The second-order valence-electron chi connectivity index (χ2n) is 5.23. The molecule has 23 heavy (non-hydrogen) atoms. The number of phenolic OH excluding ortho intramolecular Hbond substituents is 1. The Bertz CT molecular complexity index is 593. The molecule has 0 unspecified atom stereocenters. The van der Waals surface area contributed by atoms with E-state index in [0.29, 0.717) is 18.0 Å². The van der Waals surface area contributed by atoms with Crippen LogP contribution >= 0.6 is 24.0 Å². The number of aromatic hydroxyl groups is 1. The monoisotopic (exact) mass is 357 g/mol. The Kier molecular flexibility index (Phi) is 8.37. The Labute approximate surface area is 147 Å². The van der Waals surface area contributed by atoms with Crippen LogP contribution < -0.4 is 5.32 Å². The highest BCUT2D eigenvalue weighted by atomic mass is 35.5. The Morgan fingerprint density at radius 2 is 1.78 bits per heavy atom. The largest absolute Gasteiger partial charge is 0.508 e. The number of aliphatic hydroxyl groups excluding tert-OH is 2. The van der Waals surface area contributed by atoms with Gasteiger partial charge >= 0.3 is 0 Å². The topological polar surface area (TPSA) is 72.7 Å². The first-order valence-corrected chi connectivity index (χ1v) is 7.52. The van der Waals surface area contributed by atoms with Crippen molar-refractivity contribution in [2.75, 3.05) is 13.2 Å². The molecule has 0 heterocycles. The van der Waals surface area contributed by atoms with Gasteiger partial charge in [-0.1, -0.05) is 35.9 Å². The van der Waals surface area contributed by atoms with E-state index in [9.17, 15) is 15.3 Å². The fourth-order valence-corrected chi connectivity index (χ4v) is 2.43. The van der Waals surface area contributed by atoms with Gasteiger partial charge in [0.2, 0.25) is 0 Å². The first kappa shape index (κ1) is 19.7. The molecule has 0 saturated carbocycles. The Morgan fingerprint density at radius 1 is 1.09 bits per heavy atom. The van der Waals surface area contributed by atoms with Crippen molar-refractivity contribution in [2.24, 2.45) is 0 Å². The molecule has 6 heteroatoms. The lowest BCUT2D eigenvalue weighted by Gasteiger charge is -2.19. The van der Waals surface area contributed by atoms with Crippen LogP contribution in [-0.2, 0) is 6.42 Å². The smallest absolute Gasteiger partial charge is 0.115 e. The average molecular weight is 358 g/mol. The molecule has 0 bridgehead atoms. The van der Waals surface area contributed by atoms with Crippen molar-refractivity contribution in [3.63, 3.8) is 0 Å². The molecule has 0 aromatic heterocycles. The summed E-state index contributed by atoms with van der Waals surface area (Å²) in [5, 5.41) is 32.6. The maximum atomic E-state index is 10.2. The van der Waals surface area contributed by atoms with Crippen LogP contribution in [0.4, 0.5) is 0 Å². The minimum Gasteiger partial charge on any atom is -0.508 e. The summed E-state index contributed by atoms with van der Waals surface area (Å²) in [6.45, 7) is 0.285. The van der Waals surface area contributed by atoms with Crippen molar-refractivity contribution in [1.82, 2.24) is 5.32 Å². The second kappa shape index (κ2) is 9.75. The lowest BCUT2D eigenvalue weighted by atomic mass is 10.1. The molecule has 0 aliphatic heterocycles. The predicted molar refractivity (Wildman–Crippen MR) is 94.3 cm³/mol. The van der Waals surface area contributed by atoms with Crippen molar-refractivity contribution in [3.8, 4) is 5.75 Å². The van der Waals surface area contributed by atoms with Gasteiger partial charge in [-0.15, -0.1) is 12.4 Å². The maximum Gasteiger partial charge on any atom is 0.115 e. The van der Waals surface area contributed by atoms with E-state index in [2.05, 4.69) is 5.32 Å². The summed E-state index contributed by atoms with van der Waals surface area (Å²) in [6.07, 6.45) is -0.0773. The van der Waals surface area contributed by atoms with Crippen molar-refractivity contribution in [2.45, 2.75) is 18.6 Å². The quantitative estimate of drug-likeness (QED) is 0.614. The highest BCUT2D eigenvalue weighted by molar-refractivity contribution is 6.30. The molecule has 0 aliphatic carbocycles. The molecule has 2 aromatic rings. The highest BCUT2D eigenvalue weighted by Crippen LogP contribution is 2.17. The van der Waals surface area contributed by atoms with Crippen molar-refractivity contribution in [1.29, 1.82) is 0 Å². The van der Waals surface area contributed by atoms with Crippen LogP contribution in [0.25, 0.3) is 0 Å². The number of phenols is 1. The molecule has 126 valence electrons. The SMILES string of the molecule is Cl.OC[C@H](Cc1ccc(O)cc1)NC[C@H](O)c1cccc(Cl)c1. The van der Waals surface area contributed by atoms with Crippen molar-refractivity contribution >= 4 is 24.0 Å². The van der Waals surface area contributed by atoms with Gasteiger partial charge in [-0.05, 0) is 41.8 Å². The minimum absolute atomic E-state index is 0. The lowest BCUT2D eigenvalue weighted by molar-refractivity contribution is 0.158. The van der Waals surface area contributed by atoms with E-state index in [1.54, 1.807) is 30.3 Å². The van der Waals surface area contributed by atoms with Gasteiger partial charge < -0.3 is 20.6 Å². The normalized spacial score (nSPS) is 13.2. The first-order chi connectivity index (χ1) is 10.6. The Morgan fingerprint density at radius 3 is 2.39 bits per heavy atom. The van der Waals surface area contributed by atoms with Gasteiger partial charge in [0.05, 0.1) is 12.7 Å². The summed E-state index contributed by atoms with van der Waals surface area (Å²) in [5.41, 5.74) is 1.74. The van der Waals surface area contributed by atoms with E-state index in [4.69, 9.17) is 11.6 Å².